The quantitative estimate of drug-likeness (QED) is 0.172. The summed E-state index contributed by atoms with van der Waals surface area (Å²) in [5.74, 6) is 0.370. The highest BCUT2D eigenvalue weighted by molar-refractivity contribution is 14.1. The lowest BCUT2D eigenvalue weighted by molar-refractivity contribution is -0.112. The van der Waals surface area contributed by atoms with Crippen LogP contribution in [0.1, 0.15) is 11.1 Å². The van der Waals surface area contributed by atoms with E-state index in [1.807, 2.05) is 24.3 Å². The van der Waals surface area contributed by atoms with Crippen molar-refractivity contribution < 1.29 is 14.3 Å². The molecule has 5 nitrogen and oxygen atoms in total. The Morgan fingerprint density at radius 3 is 2.55 bits per heavy atom. The molecule has 33 heavy (non-hydrogen) atoms. The second kappa shape index (κ2) is 11.6. The molecule has 0 radical (unpaired) electrons. The van der Waals surface area contributed by atoms with Crippen molar-refractivity contribution in [2.24, 2.45) is 0 Å². The number of anilines is 1. The molecule has 3 aromatic carbocycles. The lowest BCUT2D eigenvalue weighted by atomic mass is 10.1. The minimum absolute atomic E-state index is 0.117. The van der Waals surface area contributed by atoms with Gasteiger partial charge in [-0.05, 0) is 64.6 Å². The molecule has 0 heterocycles. The number of hydrogen-bond donors (Lipinski definition) is 1. The van der Waals surface area contributed by atoms with E-state index in [0.29, 0.717) is 32.8 Å². The van der Waals surface area contributed by atoms with E-state index >= 15 is 0 Å². The van der Waals surface area contributed by atoms with Gasteiger partial charge in [-0.25, -0.2) is 0 Å². The van der Waals surface area contributed by atoms with Gasteiger partial charge in [0.25, 0.3) is 5.91 Å². The van der Waals surface area contributed by atoms with Gasteiger partial charge in [-0.2, -0.15) is 5.26 Å². The Morgan fingerprint density at radius 2 is 1.85 bits per heavy atom. The number of carbonyl (C=O) groups is 1. The summed E-state index contributed by atoms with van der Waals surface area (Å²) in [4.78, 5) is 12.6. The van der Waals surface area contributed by atoms with Gasteiger partial charge in [0.15, 0.2) is 11.5 Å². The van der Waals surface area contributed by atoms with Gasteiger partial charge in [0.2, 0.25) is 0 Å². The summed E-state index contributed by atoms with van der Waals surface area (Å²) >= 11 is 20.4. The molecule has 0 saturated heterocycles. The van der Waals surface area contributed by atoms with Crippen molar-refractivity contribution in [3.05, 3.63) is 89.9 Å². The number of nitrogens with zero attached hydrogens (tertiary/aromatic N) is 1. The van der Waals surface area contributed by atoms with Crippen molar-refractivity contribution in [2.75, 3.05) is 12.4 Å². The molecule has 0 bridgehead atoms. The van der Waals surface area contributed by atoms with Crippen molar-refractivity contribution in [3.63, 3.8) is 0 Å². The van der Waals surface area contributed by atoms with Crippen LogP contribution >= 0.6 is 57.4 Å². The van der Waals surface area contributed by atoms with E-state index in [2.05, 4.69) is 27.9 Å². The third-order valence-electron chi connectivity index (χ3n) is 4.46. The maximum absolute atomic E-state index is 12.6. The fraction of sp³-hybridized carbons (Fsp3) is 0.0833. The van der Waals surface area contributed by atoms with E-state index in [1.54, 1.807) is 36.4 Å². The third kappa shape index (κ3) is 6.33. The first-order chi connectivity index (χ1) is 15.8. The zero-order valence-corrected chi connectivity index (χ0v) is 21.6. The van der Waals surface area contributed by atoms with E-state index in [9.17, 15) is 10.1 Å². The lowest BCUT2D eigenvalue weighted by Gasteiger charge is -2.14. The molecule has 0 fully saturated rings. The first kappa shape index (κ1) is 25.2. The number of rotatable bonds is 7. The van der Waals surface area contributed by atoms with Gasteiger partial charge in [-0.3, -0.25) is 4.79 Å². The van der Waals surface area contributed by atoms with Gasteiger partial charge in [0.05, 0.1) is 26.4 Å². The normalized spacial score (nSPS) is 11.0. The van der Waals surface area contributed by atoms with Crippen LogP contribution in [0.25, 0.3) is 6.08 Å². The Kier molecular flexibility index (Phi) is 8.87. The highest BCUT2D eigenvalue weighted by atomic mass is 127. The maximum atomic E-state index is 12.6. The van der Waals surface area contributed by atoms with Crippen LogP contribution in [-0.4, -0.2) is 13.0 Å². The molecule has 0 aliphatic heterocycles. The number of ether oxygens (including phenoxy) is 2. The second-order valence-electron chi connectivity index (χ2n) is 6.64. The van der Waals surface area contributed by atoms with Crippen LogP contribution in [0, 0.1) is 14.9 Å². The number of nitrogens with one attached hydrogen (secondary N) is 1. The number of amides is 1. The number of methoxy groups -OCH3 is 1. The second-order valence-corrected chi connectivity index (χ2v) is 8.99. The zero-order chi connectivity index (χ0) is 24.0. The third-order valence-corrected chi connectivity index (χ3v) is 6.45. The van der Waals surface area contributed by atoms with E-state index in [1.165, 1.54) is 13.2 Å². The predicted molar refractivity (Wildman–Crippen MR) is 140 cm³/mol. The molecular formula is C24H16Cl3IN2O3. The smallest absolute Gasteiger partial charge is 0.266 e. The summed E-state index contributed by atoms with van der Waals surface area (Å²) in [5, 5.41) is 13.2. The maximum Gasteiger partial charge on any atom is 0.266 e. The molecule has 0 spiro atoms. The molecule has 0 aliphatic carbocycles. The van der Waals surface area contributed by atoms with Gasteiger partial charge in [0.1, 0.15) is 18.2 Å². The molecule has 1 N–H and O–H groups in total. The average molecular weight is 614 g/mol. The summed E-state index contributed by atoms with van der Waals surface area (Å²) in [6.45, 7) is 0.257. The molecule has 0 atom stereocenters. The van der Waals surface area contributed by atoms with Crippen molar-refractivity contribution in [3.8, 4) is 17.6 Å². The van der Waals surface area contributed by atoms with E-state index in [4.69, 9.17) is 44.3 Å². The summed E-state index contributed by atoms with van der Waals surface area (Å²) < 4.78 is 12.2. The van der Waals surface area contributed by atoms with Gasteiger partial charge in [-0.1, -0.05) is 59.1 Å². The molecule has 3 rings (SSSR count). The fourth-order valence-electron chi connectivity index (χ4n) is 2.83. The summed E-state index contributed by atoms with van der Waals surface area (Å²) in [6, 6.07) is 17.6. The Labute approximate surface area is 220 Å². The molecule has 0 aliphatic rings. The Morgan fingerprint density at radius 1 is 1.12 bits per heavy atom. The van der Waals surface area contributed by atoms with Gasteiger partial charge >= 0.3 is 0 Å². The Bertz CT molecular complexity index is 1270. The predicted octanol–water partition coefficient (Wildman–Crippen LogP) is 7.38. The van der Waals surface area contributed by atoms with Crippen LogP contribution in [-0.2, 0) is 11.4 Å². The van der Waals surface area contributed by atoms with Crippen LogP contribution in [0.4, 0.5) is 5.69 Å². The van der Waals surface area contributed by atoms with Crippen LogP contribution in [0.5, 0.6) is 11.5 Å². The summed E-state index contributed by atoms with van der Waals surface area (Å²) in [5.41, 5.74) is 1.62. The first-order valence-corrected chi connectivity index (χ1v) is 11.7. The zero-order valence-electron chi connectivity index (χ0n) is 17.2. The highest BCUT2D eigenvalue weighted by Crippen LogP contribution is 2.36. The van der Waals surface area contributed by atoms with E-state index in [0.717, 1.165) is 9.13 Å². The van der Waals surface area contributed by atoms with Crippen molar-refractivity contribution >= 4 is 75.1 Å². The van der Waals surface area contributed by atoms with Gasteiger partial charge in [-0.15, -0.1) is 0 Å². The van der Waals surface area contributed by atoms with Gasteiger partial charge < -0.3 is 14.8 Å². The van der Waals surface area contributed by atoms with Crippen molar-refractivity contribution in [1.82, 2.24) is 0 Å². The Balaban J connectivity index is 1.85. The largest absolute Gasteiger partial charge is 0.493 e. The molecule has 0 saturated carbocycles. The summed E-state index contributed by atoms with van der Waals surface area (Å²) in [7, 11) is 1.51. The standard InChI is InChI=1S/C24H16Cl3IN2O3/c1-32-21-11-14(10-19(28)23(21)33-13-15-5-2-3-6-17(15)25)9-16(12-29)24(31)30-20-8-4-7-18(26)22(20)27/h2-11H,13H2,1H3,(H,30,31)/b16-9-. The number of halogens is 4. The van der Waals surface area contributed by atoms with Crippen LogP contribution in [0.15, 0.2) is 60.2 Å². The fourth-order valence-corrected chi connectivity index (χ4v) is 4.15. The molecule has 168 valence electrons. The van der Waals surface area contributed by atoms with E-state index < -0.39 is 5.91 Å². The average Bonchev–Trinajstić information content (AvgIpc) is 2.80. The van der Waals surface area contributed by atoms with Crippen LogP contribution < -0.4 is 14.8 Å². The number of carbonyl (C=O) groups excluding carboxylic acids is 1. The lowest BCUT2D eigenvalue weighted by Crippen LogP contribution is -2.13. The minimum Gasteiger partial charge on any atom is -0.493 e. The van der Waals surface area contributed by atoms with E-state index in [-0.39, 0.29) is 17.2 Å². The first-order valence-electron chi connectivity index (χ1n) is 9.45. The van der Waals surface area contributed by atoms with Crippen LogP contribution in [0.3, 0.4) is 0 Å². The molecular weight excluding hydrogens is 598 g/mol. The monoisotopic (exact) mass is 612 g/mol. The number of nitriles is 1. The summed E-state index contributed by atoms with van der Waals surface area (Å²) in [6.07, 6.45) is 1.45. The molecule has 0 aromatic heterocycles. The van der Waals surface area contributed by atoms with Gasteiger partial charge in [0, 0.05) is 10.6 Å². The topological polar surface area (TPSA) is 71.3 Å². The van der Waals surface area contributed by atoms with Crippen LogP contribution in [0.2, 0.25) is 15.1 Å². The molecule has 3 aromatic rings. The minimum atomic E-state index is -0.616. The van der Waals surface area contributed by atoms with Crippen molar-refractivity contribution in [2.45, 2.75) is 6.61 Å². The molecule has 1 amide bonds. The Hall–Kier alpha value is -2.44. The number of hydrogen-bond acceptors (Lipinski definition) is 4. The SMILES string of the molecule is COc1cc(/C=C(/C#N)C(=O)Nc2cccc(Cl)c2Cl)cc(I)c1OCc1ccccc1Cl. The number of benzene rings is 3. The molecule has 9 heteroatoms. The molecule has 0 unspecified atom stereocenters. The van der Waals surface area contributed by atoms with Crippen molar-refractivity contribution in [1.29, 1.82) is 5.26 Å². The highest BCUT2D eigenvalue weighted by Gasteiger charge is 2.16.